The minimum atomic E-state index is -1.20. The highest BCUT2D eigenvalue weighted by molar-refractivity contribution is 6.30. The lowest BCUT2D eigenvalue weighted by molar-refractivity contribution is -0.131. The van der Waals surface area contributed by atoms with Crippen LogP contribution in [0.5, 0.6) is 0 Å². The summed E-state index contributed by atoms with van der Waals surface area (Å²) in [6, 6.07) is 11.1. The van der Waals surface area contributed by atoms with Gasteiger partial charge >= 0.3 is 6.03 Å². The molecule has 0 saturated carbocycles. The van der Waals surface area contributed by atoms with Gasteiger partial charge in [0.05, 0.1) is 12.2 Å². The van der Waals surface area contributed by atoms with Gasteiger partial charge in [-0.3, -0.25) is 18.9 Å². The Bertz CT molecular complexity index is 1170. The van der Waals surface area contributed by atoms with Crippen molar-refractivity contribution in [1.82, 2.24) is 19.6 Å². The molecule has 7 nitrogen and oxygen atoms in total. The van der Waals surface area contributed by atoms with Crippen molar-refractivity contribution in [3.63, 3.8) is 0 Å². The molecule has 1 atom stereocenters. The lowest BCUT2D eigenvalue weighted by Gasteiger charge is -2.22. The fourth-order valence-corrected chi connectivity index (χ4v) is 3.50. The summed E-state index contributed by atoms with van der Waals surface area (Å²) >= 11 is 5.92. The molecule has 2 aromatic heterocycles. The van der Waals surface area contributed by atoms with Crippen molar-refractivity contribution in [2.45, 2.75) is 25.9 Å². The van der Waals surface area contributed by atoms with E-state index in [1.54, 1.807) is 43.5 Å². The zero-order chi connectivity index (χ0) is 20.1. The second kappa shape index (κ2) is 6.45. The summed E-state index contributed by atoms with van der Waals surface area (Å²) in [7, 11) is 0. The van der Waals surface area contributed by atoms with Crippen LogP contribution in [0.15, 0.2) is 53.5 Å². The number of carbonyl (C=O) groups is 2. The minimum absolute atomic E-state index is 0.0894. The largest absolute Gasteiger partial charge is 0.325 e. The average Bonchev–Trinajstić information content (AvgIpc) is 2.87. The average molecular weight is 397 g/mol. The lowest BCUT2D eigenvalue weighted by atomic mass is 9.92. The summed E-state index contributed by atoms with van der Waals surface area (Å²) in [5.41, 5.74) is 0.824. The molecule has 1 fully saturated rings. The number of rotatable bonds is 3. The summed E-state index contributed by atoms with van der Waals surface area (Å²) in [4.78, 5) is 43.5. The molecule has 0 spiro atoms. The molecular weight excluding hydrogens is 380 g/mol. The van der Waals surface area contributed by atoms with Crippen molar-refractivity contribution < 1.29 is 9.59 Å². The van der Waals surface area contributed by atoms with Gasteiger partial charge in [-0.15, -0.1) is 0 Å². The molecule has 4 rings (SSSR count). The Labute approximate surface area is 165 Å². The van der Waals surface area contributed by atoms with Gasteiger partial charge in [0, 0.05) is 17.3 Å². The second-order valence-corrected chi connectivity index (χ2v) is 7.36. The number of hydrogen-bond acceptors (Lipinski definition) is 4. The van der Waals surface area contributed by atoms with Crippen LogP contribution < -0.4 is 10.9 Å². The molecule has 3 aromatic rings. The highest BCUT2D eigenvalue weighted by atomic mass is 35.5. The zero-order valence-electron chi connectivity index (χ0n) is 15.3. The van der Waals surface area contributed by atoms with Gasteiger partial charge in [-0.05, 0) is 43.2 Å². The van der Waals surface area contributed by atoms with Gasteiger partial charge in [0.15, 0.2) is 0 Å². The predicted molar refractivity (Wildman–Crippen MR) is 104 cm³/mol. The summed E-state index contributed by atoms with van der Waals surface area (Å²) in [5.74, 6) is -0.411. The van der Waals surface area contributed by atoms with Gasteiger partial charge in [-0.1, -0.05) is 29.8 Å². The minimum Gasteiger partial charge on any atom is -0.319 e. The van der Waals surface area contributed by atoms with E-state index in [1.165, 1.54) is 10.5 Å². The molecule has 8 heteroatoms. The number of pyridine rings is 1. The Morgan fingerprint density at radius 1 is 1.14 bits per heavy atom. The van der Waals surface area contributed by atoms with Crippen molar-refractivity contribution in [2.75, 3.05) is 0 Å². The van der Waals surface area contributed by atoms with E-state index in [-0.39, 0.29) is 12.1 Å². The molecule has 1 N–H and O–H groups in total. The first-order chi connectivity index (χ1) is 13.3. The maximum atomic E-state index is 13.0. The number of aryl methyl sites for hydroxylation is 1. The van der Waals surface area contributed by atoms with Crippen LogP contribution in [0.4, 0.5) is 4.79 Å². The number of nitrogens with one attached hydrogen (secondary N) is 1. The van der Waals surface area contributed by atoms with E-state index in [2.05, 4.69) is 10.3 Å². The van der Waals surface area contributed by atoms with Crippen LogP contribution in [0.2, 0.25) is 5.02 Å². The van der Waals surface area contributed by atoms with E-state index in [0.717, 1.165) is 10.5 Å². The van der Waals surface area contributed by atoms with Gasteiger partial charge in [-0.2, -0.15) is 0 Å². The van der Waals surface area contributed by atoms with Gasteiger partial charge < -0.3 is 5.32 Å². The number of amides is 3. The Morgan fingerprint density at radius 2 is 1.86 bits per heavy atom. The highest BCUT2D eigenvalue weighted by Gasteiger charge is 2.49. The number of hydrogen-bond donors (Lipinski definition) is 1. The molecular formula is C20H17ClN4O3. The number of aromatic nitrogens is 2. The zero-order valence-corrected chi connectivity index (χ0v) is 16.0. The van der Waals surface area contributed by atoms with Crippen LogP contribution in [-0.2, 0) is 16.9 Å². The van der Waals surface area contributed by atoms with Gasteiger partial charge in [-0.25, -0.2) is 9.78 Å². The first-order valence-electron chi connectivity index (χ1n) is 8.68. The van der Waals surface area contributed by atoms with E-state index < -0.39 is 17.5 Å². The predicted octanol–water partition coefficient (Wildman–Crippen LogP) is 2.62. The van der Waals surface area contributed by atoms with Crippen LogP contribution in [0, 0.1) is 6.92 Å². The Balaban J connectivity index is 1.69. The normalized spacial score (nSPS) is 19.3. The van der Waals surface area contributed by atoms with E-state index in [4.69, 9.17) is 11.6 Å². The number of fused-ring (bicyclic) bond motifs is 1. The van der Waals surface area contributed by atoms with Gasteiger partial charge in [0.25, 0.3) is 11.5 Å². The third kappa shape index (κ3) is 2.84. The number of halogens is 1. The fraction of sp³-hybridized carbons (Fsp3) is 0.200. The lowest BCUT2D eigenvalue weighted by Crippen LogP contribution is -2.40. The molecule has 0 bridgehead atoms. The quantitative estimate of drug-likeness (QED) is 0.690. The molecule has 28 heavy (non-hydrogen) atoms. The molecule has 142 valence electrons. The van der Waals surface area contributed by atoms with Crippen molar-refractivity contribution in [3.8, 4) is 0 Å². The third-order valence-corrected chi connectivity index (χ3v) is 5.21. The maximum absolute atomic E-state index is 13.0. The summed E-state index contributed by atoms with van der Waals surface area (Å²) in [6.45, 7) is 3.40. The number of imide groups is 1. The molecule has 3 heterocycles. The molecule has 1 aliphatic heterocycles. The standard InChI is InChI=1S/C20H17ClN4O3/c1-12-4-3-9-24-16(26)10-15(22-17(12)24)11-25-18(27)20(2,23-19(25)28)13-5-7-14(21)8-6-13/h3-10H,11H2,1-2H3,(H,23,28). The van der Waals surface area contributed by atoms with Crippen molar-refractivity contribution in [2.24, 2.45) is 0 Å². The highest BCUT2D eigenvalue weighted by Crippen LogP contribution is 2.30. The second-order valence-electron chi connectivity index (χ2n) is 6.92. The summed E-state index contributed by atoms with van der Waals surface area (Å²) in [6.07, 6.45) is 1.63. The van der Waals surface area contributed by atoms with E-state index in [0.29, 0.717) is 21.9 Å². The Kier molecular flexibility index (Phi) is 4.19. The molecule has 1 unspecified atom stereocenters. The SMILES string of the molecule is Cc1cccn2c(=O)cc(CN3C(=O)NC(C)(c4ccc(Cl)cc4)C3=O)nc12. The first kappa shape index (κ1) is 18.2. The Hall–Kier alpha value is -3.19. The molecule has 3 amide bonds. The fourth-order valence-electron chi connectivity index (χ4n) is 3.37. The van der Waals surface area contributed by atoms with Crippen LogP contribution in [0.25, 0.3) is 5.65 Å². The maximum Gasteiger partial charge on any atom is 0.325 e. The van der Waals surface area contributed by atoms with Gasteiger partial charge in [0.2, 0.25) is 0 Å². The molecule has 0 radical (unpaired) electrons. The molecule has 1 saturated heterocycles. The number of carbonyl (C=O) groups excluding carboxylic acids is 2. The number of benzene rings is 1. The van der Waals surface area contributed by atoms with Crippen LogP contribution >= 0.6 is 11.6 Å². The van der Waals surface area contributed by atoms with Crippen molar-refractivity contribution in [1.29, 1.82) is 0 Å². The number of urea groups is 1. The number of nitrogens with zero attached hydrogens (tertiary/aromatic N) is 3. The first-order valence-corrected chi connectivity index (χ1v) is 9.05. The van der Waals surface area contributed by atoms with Gasteiger partial charge in [0.1, 0.15) is 11.2 Å². The molecule has 0 aliphatic carbocycles. The van der Waals surface area contributed by atoms with Crippen LogP contribution in [-0.4, -0.2) is 26.2 Å². The Morgan fingerprint density at radius 3 is 2.57 bits per heavy atom. The monoisotopic (exact) mass is 396 g/mol. The van der Waals surface area contributed by atoms with E-state index >= 15 is 0 Å². The topological polar surface area (TPSA) is 83.8 Å². The van der Waals surface area contributed by atoms with Crippen molar-refractivity contribution >= 4 is 29.2 Å². The molecule has 1 aromatic carbocycles. The van der Waals surface area contributed by atoms with Crippen LogP contribution in [0.3, 0.4) is 0 Å². The van der Waals surface area contributed by atoms with Crippen LogP contribution in [0.1, 0.15) is 23.7 Å². The van der Waals surface area contributed by atoms with E-state index in [1.807, 2.05) is 13.0 Å². The van der Waals surface area contributed by atoms with E-state index in [9.17, 15) is 14.4 Å². The van der Waals surface area contributed by atoms with Crippen molar-refractivity contribution in [3.05, 3.63) is 80.9 Å². The summed E-state index contributed by atoms with van der Waals surface area (Å²) in [5, 5.41) is 3.27. The summed E-state index contributed by atoms with van der Waals surface area (Å²) < 4.78 is 1.43. The smallest absolute Gasteiger partial charge is 0.319 e. The molecule has 1 aliphatic rings. The third-order valence-electron chi connectivity index (χ3n) is 4.96.